The Bertz CT molecular complexity index is 460. The highest BCUT2D eigenvalue weighted by atomic mass is 16.9. The van der Waals surface area contributed by atoms with Gasteiger partial charge in [-0.25, -0.2) is 14.4 Å². The van der Waals surface area contributed by atoms with Crippen molar-refractivity contribution < 1.29 is 28.6 Å². The van der Waals surface area contributed by atoms with Crippen LogP contribution in [0.3, 0.4) is 0 Å². The van der Waals surface area contributed by atoms with Gasteiger partial charge in [-0.3, -0.25) is 0 Å². The topological polar surface area (TPSA) is 78.9 Å². The van der Waals surface area contributed by atoms with E-state index in [4.69, 9.17) is 14.2 Å². The molecule has 6 heteroatoms. The van der Waals surface area contributed by atoms with Crippen LogP contribution in [-0.4, -0.2) is 23.9 Å². The summed E-state index contributed by atoms with van der Waals surface area (Å²) in [6, 6.07) is 0. The number of ether oxygens (including phenoxy) is 3. The Hall–Kier alpha value is -2.37. The van der Waals surface area contributed by atoms with E-state index in [0.29, 0.717) is 12.8 Å². The van der Waals surface area contributed by atoms with E-state index < -0.39 is 23.9 Å². The molecular weight excluding hydrogens is 300 g/mol. The van der Waals surface area contributed by atoms with Crippen molar-refractivity contribution >= 4 is 17.9 Å². The molecule has 0 aliphatic rings. The highest BCUT2D eigenvalue weighted by Crippen LogP contribution is 2.27. The minimum absolute atomic E-state index is 0.0133. The lowest BCUT2D eigenvalue weighted by molar-refractivity contribution is -0.328. The molecule has 0 rings (SSSR count). The molecule has 0 bridgehead atoms. The summed E-state index contributed by atoms with van der Waals surface area (Å²) >= 11 is 0. The Morgan fingerprint density at radius 2 is 1.09 bits per heavy atom. The van der Waals surface area contributed by atoms with E-state index in [1.54, 1.807) is 0 Å². The number of esters is 3. The van der Waals surface area contributed by atoms with Crippen molar-refractivity contribution in [1.29, 1.82) is 0 Å². The van der Waals surface area contributed by atoms with E-state index in [-0.39, 0.29) is 23.1 Å². The average Bonchev–Trinajstić information content (AvgIpc) is 2.44. The second kappa shape index (κ2) is 8.92. The first-order valence-electron chi connectivity index (χ1n) is 7.21. The maximum absolute atomic E-state index is 11.9. The van der Waals surface area contributed by atoms with Crippen LogP contribution >= 0.6 is 0 Å². The molecule has 6 nitrogen and oxygen atoms in total. The zero-order valence-electron chi connectivity index (χ0n) is 14.2. The second-order valence-corrected chi connectivity index (χ2v) is 5.30. The van der Waals surface area contributed by atoms with Gasteiger partial charge in [0.25, 0.3) is 0 Å². The van der Waals surface area contributed by atoms with Crippen molar-refractivity contribution in [1.82, 2.24) is 0 Å². The molecule has 0 aliphatic heterocycles. The molecule has 0 fully saturated rings. The molecule has 128 valence electrons. The Balaban J connectivity index is 5.67. The Morgan fingerprint density at radius 3 is 1.30 bits per heavy atom. The van der Waals surface area contributed by atoms with Gasteiger partial charge in [0.2, 0.25) is 0 Å². The van der Waals surface area contributed by atoms with E-state index in [9.17, 15) is 14.4 Å². The fourth-order valence-corrected chi connectivity index (χ4v) is 1.29. The molecule has 0 aliphatic carbocycles. The summed E-state index contributed by atoms with van der Waals surface area (Å²) in [5.41, 5.74) is 0.218. The van der Waals surface area contributed by atoms with Gasteiger partial charge < -0.3 is 14.2 Å². The predicted octanol–water partition coefficient (Wildman–Crippen LogP) is 3.19. The Kier molecular flexibility index (Phi) is 8.00. The fraction of sp³-hybridized carbons (Fsp3) is 0.471. The SMILES string of the molecule is C=C(C)C(=O)OC(CCCC)(OC(=O)C(=C)C)OC(=O)C(=C)C. The van der Waals surface area contributed by atoms with Crippen LogP contribution in [-0.2, 0) is 28.6 Å². The van der Waals surface area contributed by atoms with Gasteiger partial charge in [0.15, 0.2) is 0 Å². The maximum Gasteiger partial charge on any atom is 0.424 e. The van der Waals surface area contributed by atoms with E-state index >= 15 is 0 Å². The standard InChI is InChI=1S/C17H24O6/c1-8-9-10-17(21-14(18)11(2)3,22-15(19)12(4)5)23-16(20)13(6)7/h2,4,6,8-10H2,1,3,5,7H3. The smallest absolute Gasteiger partial charge is 0.385 e. The molecule has 0 saturated carbocycles. The molecule has 0 unspecified atom stereocenters. The summed E-state index contributed by atoms with van der Waals surface area (Å²) in [5, 5.41) is 0. The van der Waals surface area contributed by atoms with Crippen molar-refractivity contribution in [3.63, 3.8) is 0 Å². The van der Waals surface area contributed by atoms with Crippen LogP contribution in [0.1, 0.15) is 47.0 Å². The van der Waals surface area contributed by atoms with Crippen LogP contribution in [0.5, 0.6) is 0 Å². The van der Waals surface area contributed by atoms with Crippen molar-refractivity contribution in [2.24, 2.45) is 0 Å². The van der Waals surface area contributed by atoms with Crippen LogP contribution in [0, 0.1) is 0 Å². The maximum atomic E-state index is 11.9. The van der Waals surface area contributed by atoms with Gasteiger partial charge in [-0.05, 0) is 27.2 Å². The van der Waals surface area contributed by atoms with Crippen molar-refractivity contribution in [3.05, 3.63) is 36.5 Å². The molecule has 0 aromatic carbocycles. The van der Waals surface area contributed by atoms with Crippen molar-refractivity contribution in [2.45, 2.75) is 52.9 Å². The zero-order valence-corrected chi connectivity index (χ0v) is 14.2. The molecule has 0 aromatic rings. The third-order valence-corrected chi connectivity index (χ3v) is 2.63. The molecule has 23 heavy (non-hydrogen) atoms. The molecule has 0 radical (unpaired) electrons. The van der Waals surface area contributed by atoms with Crippen molar-refractivity contribution in [2.75, 3.05) is 0 Å². The number of unbranched alkanes of at least 4 members (excludes halogenated alkanes) is 1. The largest absolute Gasteiger partial charge is 0.424 e. The second-order valence-electron chi connectivity index (χ2n) is 5.30. The quantitative estimate of drug-likeness (QED) is 0.368. The van der Waals surface area contributed by atoms with Crippen LogP contribution < -0.4 is 0 Å². The lowest BCUT2D eigenvalue weighted by Crippen LogP contribution is -2.45. The lowest BCUT2D eigenvalue weighted by Gasteiger charge is -2.31. The summed E-state index contributed by atoms with van der Waals surface area (Å²) in [6.07, 6.45) is 1.17. The van der Waals surface area contributed by atoms with Crippen LogP contribution in [0.15, 0.2) is 36.5 Å². The van der Waals surface area contributed by atoms with Gasteiger partial charge in [0, 0.05) is 16.7 Å². The van der Waals surface area contributed by atoms with Crippen LogP contribution in [0.4, 0.5) is 0 Å². The molecule has 0 spiro atoms. The zero-order chi connectivity index (χ0) is 18.2. The Morgan fingerprint density at radius 1 is 0.783 bits per heavy atom. The molecule has 0 heterocycles. The minimum Gasteiger partial charge on any atom is -0.385 e. The molecule has 0 amide bonds. The molecule has 0 aromatic heterocycles. The van der Waals surface area contributed by atoms with E-state index in [2.05, 4.69) is 19.7 Å². The number of carbonyl (C=O) groups is 3. The molecular formula is C17H24O6. The molecule has 0 N–H and O–H groups in total. The first kappa shape index (κ1) is 20.6. The highest BCUT2D eigenvalue weighted by Gasteiger charge is 2.43. The number of hydrogen-bond acceptors (Lipinski definition) is 6. The summed E-state index contributed by atoms with van der Waals surface area (Å²) in [7, 11) is 0. The third-order valence-electron chi connectivity index (χ3n) is 2.63. The highest BCUT2D eigenvalue weighted by molar-refractivity contribution is 5.90. The number of rotatable bonds is 9. The van der Waals surface area contributed by atoms with E-state index in [1.165, 1.54) is 20.8 Å². The third kappa shape index (κ3) is 6.95. The predicted molar refractivity (Wildman–Crippen MR) is 85.0 cm³/mol. The monoisotopic (exact) mass is 324 g/mol. The average molecular weight is 324 g/mol. The van der Waals surface area contributed by atoms with Gasteiger partial charge in [0.05, 0.1) is 6.42 Å². The van der Waals surface area contributed by atoms with Gasteiger partial charge in [-0.1, -0.05) is 33.1 Å². The Labute approximate surface area is 136 Å². The fourth-order valence-electron chi connectivity index (χ4n) is 1.29. The summed E-state index contributed by atoms with van der Waals surface area (Å²) in [4.78, 5) is 35.6. The van der Waals surface area contributed by atoms with Crippen LogP contribution in [0.2, 0.25) is 0 Å². The van der Waals surface area contributed by atoms with Gasteiger partial charge >= 0.3 is 23.9 Å². The van der Waals surface area contributed by atoms with E-state index in [1.807, 2.05) is 6.92 Å². The first-order chi connectivity index (χ1) is 10.5. The normalized spacial score (nSPS) is 10.4. The lowest BCUT2D eigenvalue weighted by atomic mass is 10.2. The first-order valence-corrected chi connectivity index (χ1v) is 7.21. The van der Waals surface area contributed by atoms with Gasteiger partial charge in [-0.2, -0.15) is 0 Å². The molecule has 0 atom stereocenters. The number of carbonyl (C=O) groups excluding carboxylic acids is 3. The van der Waals surface area contributed by atoms with Gasteiger partial charge in [-0.15, -0.1) is 0 Å². The summed E-state index contributed by atoms with van der Waals surface area (Å²) in [5.74, 6) is -4.70. The van der Waals surface area contributed by atoms with E-state index in [0.717, 1.165) is 0 Å². The minimum atomic E-state index is -2.17. The summed E-state index contributed by atoms with van der Waals surface area (Å²) in [6.45, 7) is 16.5. The summed E-state index contributed by atoms with van der Waals surface area (Å²) < 4.78 is 15.4. The van der Waals surface area contributed by atoms with Gasteiger partial charge in [0.1, 0.15) is 0 Å². The van der Waals surface area contributed by atoms with Crippen LogP contribution in [0.25, 0.3) is 0 Å². The number of hydrogen-bond donors (Lipinski definition) is 0. The van der Waals surface area contributed by atoms with Crippen molar-refractivity contribution in [3.8, 4) is 0 Å². The molecule has 0 saturated heterocycles.